The van der Waals surface area contributed by atoms with Crippen molar-refractivity contribution in [1.82, 2.24) is 15.2 Å². The first-order valence-electron chi connectivity index (χ1n) is 10.0. The number of piperidine rings is 1. The van der Waals surface area contributed by atoms with Crippen LogP contribution in [0.3, 0.4) is 0 Å². The largest absolute Gasteiger partial charge is 0.441 e. The molecule has 1 aromatic carbocycles. The Morgan fingerprint density at radius 1 is 1.33 bits per heavy atom. The maximum atomic E-state index is 13.1. The molecule has 6 heteroatoms. The average Bonchev–Trinajstić information content (AvgIpc) is 3.08. The lowest BCUT2D eigenvalue weighted by atomic mass is 9.98. The van der Waals surface area contributed by atoms with Crippen molar-refractivity contribution in [2.75, 3.05) is 13.1 Å². The summed E-state index contributed by atoms with van der Waals surface area (Å²) in [6, 6.07) is 5.70. The second-order valence-electron chi connectivity index (χ2n) is 7.31. The van der Waals surface area contributed by atoms with Crippen LogP contribution in [0.5, 0.6) is 0 Å². The zero-order chi connectivity index (χ0) is 19.2. The van der Waals surface area contributed by atoms with Gasteiger partial charge in [-0.25, -0.2) is 4.98 Å². The highest BCUT2D eigenvalue weighted by Crippen LogP contribution is 2.24. The van der Waals surface area contributed by atoms with Crippen LogP contribution in [0.4, 0.5) is 0 Å². The fourth-order valence-electron chi connectivity index (χ4n) is 3.69. The number of nitrogens with zero attached hydrogens (tertiary/aromatic N) is 2. The van der Waals surface area contributed by atoms with E-state index in [0.717, 1.165) is 68.5 Å². The zero-order valence-electron chi connectivity index (χ0n) is 16.3. The third-order valence-electron chi connectivity index (χ3n) is 5.16. The maximum absolute atomic E-state index is 13.1. The number of aromatic nitrogens is 1. The van der Waals surface area contributed by atoms with Crippen molar-refractivity contribution in [3.63, 3.8) is 0 Å². The van der Waals surface area contributed by atoms with E-state index in [-0.39, 0.29) is 17.9 Å². The highest BCUT2D eigenvalue weighted by Gasteiger charge is 2.27. The van der Waals surface area contributed by atoms with Crippen molar-refractivity contribution in [2.24, 2.45) is 0 Å². The van der Waals surface area contributed by atoms with E-state index < -0.39 is 0 Å². The molecular weight excluding hydrogens is 342 g/mol. The molecule has 1 aliphatic heterocycles. The highest BCUT2D eigenvalue weighted by molar-refractivity contribution is 5.97. The van der Waals surface area contributed by atoms with Crippen molar-refractivity contribution in [1.29, 1.82) is 0 Å². The molecule has 1 aliphatic rings. The molecule has 1 saturated heterocycles. The molecule has 6 nitrogen and oxygen atoms in total. The monoisotopic (exact) mass is 371 g/mol. The number of rotatable bonds is 7. The Morgan fingerprint density at radius 3 is 2.96 bits per heavy atom. The van der Waals surface area contributed by atoms with Crippen LogP contribution < -0.4 is 5.32 Å². The number of likely N-dealkylation sites (tertiary alicyclic amines) is 1. The maximum Gasteiger partial charge on any atom is 0.254 e. The van der Waals surface area contributed by atoms with Gasteiger partial charge in [0.2, 0.25) is 5.91 Å². The van der Waals surface area contributed by atoms with E-state index in [2.05, 4.69) is 17.2 Å². The number of benzene rings is 1. The zero-order valence-corrected chi connectivity index (χ0v) is 16.3. The number of carbonyl (C=O) groups excluding carboxylic acids is 2. The number of unbranched alkanes of at least 4 members (excludes halogenated alkanes) is 1. The summed E-state index contributed by atoms with van der Waals surface area (Å²) in [5.41, 5.74) is 2.14. The van der Waals surface area contributed by atoms with Crippen LogP contribution in [0.25, 0.3) is 11.1 Å². The molecule has 0 bridgehead atoms. The number of carbonyl (C=O) groups is 2. The van der Waals surface area contributed by atoms with Gasteiger partial charge in [-0.1, -0.05) is 13.3 Å². The van der Waals surface area contributed by atoms with Gasteiger partial charge in [0.15, 0.2) is 11.5 Å². The molecule has 146 valence electrons. The second-order valence-corrected chi connectivity index (χ2v) is 7.31. The molecule has 1 atom stereocenters. The molecule has 1 aromatic heterocycles. The Bertz CT molecular complexity index is 799. The Labute approximate surface area is 160 Å². The van der Waals surface area contributed by atoms with Gasteiger partial charge in [-0.15, -0.1) is 0 Å². The van der Waals surface area contributed by atoms with Gasteiger partial charge in [-0.2, -0.15) is 0 Å². The van der Waals surface area contributed by atoms with Gasteiger partial charge < -0.3 is 14.6 Å². The Balaban J connectivity index is 1.73. The standard InChI is InChI=1S/C21H29N3O3/c1-3-4-8-20-23-18-14-16(9-10-19(18)27-20)21(26)24-13-6-5-7-17(24)11-12-22-15(2)25/h9-10,14,17H,3-8,11-13H2,1-2H3,(H,22,25)/t17-/m0/s1. The van der Waals surface area contributed by atoms with Crippen molar-refractivity contribution < 1.29 is 14.0 Å². The first kappa shape index (κ1) is 19.4. The van der Waals surface area contributed by atoms with Crippen LogP contribution in [-0.2, 0) is 11.2 Å². The Morgan fingerprint density at radius 2 is 2.19 bits per heavy atom. The molecule has 1 fully saturated rings. The van der Waals surface area contributed by atoms with Crippen LogP contribution in [0, 0.1) is 0 Å². The number of hydrogen-bond donors (Lipinski definition) is 1. The lowest BCUT2D eigenvalue weighted by Crippen LogP contribution is -2.45. The van der Waals surface area contributed by atoms with Crippen LogP contribution in [-0.4, -0.2) is 40.8 Å². The molecule has 27 heavy (non-hydrogen) atoms. The van der Waals surface area contributed by atoms with Crippen LogP contribution in [0.2, 0.25) is 0 Å². The summed E-state index contributed by atoms with van der Waals surface area (Å²) in [4.78, 5) is 30.7. The number of aryl methyl sites for hydroxylation is 1. The Kier molecular flexibility index (Phi) is 6.48. The van der Waals surface area contributed by atoms with E-state index >= 15 is 0 Å². The number of amides is 2. The smallest absolute Gasteiger partial charge is 0.254 e. The quantitative estimate of drug-likeness (QED) is 0.805. The normalized spacial score (nSPS) is 17.3. The fraction of sp³-hybridized carbons (Fsp3) is 0.571. The first-order chi connectivity index (χ1) is 13.1. The second kappa shape index (κ2) is 9.02. The van der Waals surface area contributed by atoms with Gasteiger partial charge in [0.25, 0.3) is 5.91 Å². The number of hydrogen-bond acceptors (Lipinski definition) is 4. The molecule has 2 aromatic rings. The summed E-state index contributed by atoms with van der Waals surface area (Å²) in [7, 11) is 0. The third-order valence-corrected chi connectivity index (χ3v) is 5.16. The van der Waals surface area contributed by atoms with Gasteiger partial charge in [-0.05, 0) is 50.3 Å². The van der Waals surface area contributed by atoms with E-state index in [1.54, 1.807) is 0 Å². The Hall–Kier alpha value is -2.37. The van der Waals surface area contributed by atoms with E-state index in [0.29, 0.717) is 12.1 Å². The molecule has 0 aliphatic carbocycles. The number of oxazole rings is 1. The van der Waals surface area contributed by atoms with Crippen LogP contribution >= 0.6 is 0 Å². The molecule has 3 rings (SSSR count). The molecule has 0 spiro atoms. The highest BCUT2D eigenvalue weighted by atomic mass is 16.3. The van der Waals surface area contributed by atoms with Crippen molar-refractivity contribution in [2.45, 2.75) is 64.8 Å². The van der Waals surface area contributed by atoms with Crippen molar-refractivity contribution in [3.8, 4) is 0 Å². The van der Waals surface area contributed by atoms with Gasteiger partial charge >= 0.3 is 0 Å². The number of fused-ring (bicyclic) bond motifs is 1. The predicted octanol–water partition coefficient (Wildman–Crippen LogP) is 3.69. The average molecular weight is 371 g/mol. The van der Waals surface area contributed by atoms with Crippen molar-refractivity contribution in [3.05, 3.63) is 29.7 Å². The van der Waals surface area contributed by atoms with Gasteiger partial charge in [-0.3, -0.25) is 9.59 Å². The third kappa shape index (κ3) is 4.87. The fourth-order valence-corrected chi connectivity index (χ4v) is 3.69. The molecule has 0 unspecified atom stereocenters. The molecule has 0 radical (unpaired) electrons. The minimum atomic E-state index is -0.0287. The van der Waals surface area contributed by atoms with Gasteiger partial charge in [0, 0.05) is 38.0 Å². The van der Waals surface area contributed by atoms with Crippen molar-refractivity contribution >= 4 is 22.9 Å². The molecule has 2 amide bonds. The van der Waals surface area contributed by atoms with E-state index in [1.807, 2.05) is 23.1 Å². The molecule has 2 heterocycles. The summed E-state index contributed by atoms with van der Waals surface area (Å²) in [6.45, 7) is 5.03. The minimum absolute atomic E-state index is 0.0287. The lowest BCUT2D eigenvalue weighted by molar-refractivity contribution is -0.119. The van der Waals surface area contributed by atoms with Crippen LogP contribution in [0.1, 0.15) is 68.6 Å². The summed E-state index contributed by atoms with van der Waals surface area (Å²) in [5.74, 6) is 0.754. The topological polar surface area (TPSA) is 75.4 Å². The first-order valence-corrected chi connectivity index (χ1v) is 10.0. The van der Waals surface area contributed by atoms with Gasteiger partial charge in [0.05, 0.1) is 0 Å². The SMILES string of the molecule is CCCCc1nc2cc(C(=O)N3CCCC[C@H]3CCNC(C)=O)ccc2o1. The van der Waals surface area contributed by atoms with Crippen LogP contribution in [0.15, 0.2) is 22.6 Å². The summed E-state index contributed by atoms with van der Waals surface area (Å²) < 4.78 is 5.77. The number of nitrogens with one attached hydrogen (secondary N) is 1. The summed E-state index contributed by atoms with van der Waals surface area (Å²) in [5, 5.41) is 2.84. The molecule has 0 saturated carbocycles. The van der Waals surface area contributed by atoms with E-state index in [1.165, 1.54) is 6.92 Å². The van der Waals surface area contributed by atoms with Gasteiger partial charge in [0.1, 0.15) is 5.52 Å². The predicted molar refractivity (Wildman–Crippen MR) is 105 cm³/mol. The molecular formula is C21H29N3O3. The summed E-state index contributed by atoms with van der Waals surface area (Å²) in [6.07, 6.45) is 6.89. The lowest BCUT2D eigenvalue weighted by Gasteiger charge is -2.36. The minimum Gasteiger partial charge on any atom is -0.441 e. The summed E-state index contributed by atoms with van der Waals surface area (Å²) >= 11 is 0. The molecule has 1 N–H and O–H groups in total. The van der Waals surface area contributed by atoms with E-state index in [4.69, 9.17) is 4.42 Å². The van der Waals surface area contributed by atoms with E-state index in [9.17, 15) is 9.59 Å².